The summed E-state index contributed by atoms with van der Waals surface area (Å²) in [5.41, 5.74) is 5.94. The Hall–Kier alpha value is -2.83. The van der Waals surface area contributed by atoms with Crippen molar-refractivity contribution in [3.63, 3.8) is 0 Å². The van der Waals surface area contributed by atoms with E-state index < -0.39 is 6.36 Å². The fourth-order valence-electron chi connectivity index (χ4n) is 3.70. The lowest BCUT2D eigenvalue weighted by Gasteiger charge is -2.28. The van der Waals surface area contributed by atoms with Gasteiger partial charge in [-0.1, -0.05) is 18.2 Å². The molecule has 32 heavy (non-hydrogen) atoms. The van der Waals surface area contributed by atoms with Gasteiger partial charge in [-0.25, -0.2) is 4.98 Å². The summed E-state index contributed by atoms with van der Waals surface area (Å²) < 4.78 is 41.9. The number of rotatable bonds is 9. The van der Waals surface area contributed by atoms with Crippen LogP contribution >= 0.6 is 0 Å². The van der Waals surface area contributed by atoms with Gasteiger partial charge in [0.2, 0.25) is 5.95 Å². The van der Waals surface area contributed by atoms with Crippen molar-refractivity contribution in [2.45, 2.75) is 38.6 Å². The molecule has 0 atom stereocenters. The summed E-state index contributed by atoms with van der Waals surface area (Å²) >= 11 is 0. The zero-order valence-corrected chi connectivity index (χ0v) is 17.3. The van der Waals surface area contributed by atoms with Gasteiger partial charge in [-0.05, 0) is 50.1 Å². The van der Waals surface area contributed by atoms with Crippen LogP contribution in [0, 0.1) is 11.8 Å². The van der Waals surface area contributed by atoms with E-state index in [0.29, 0.717) is 24.9 Å². The maximum atomic E-state index is 12.6. The molecule has 1 aromatic carbocycles. The van der Waals surface area contributed by atoms with Crippen LogP contribution in [0.25, 0.3) is 0 Å². The highest BCUT2D eigenvalue weighted by Gasteiger charge is 2.32. The molecule has 1 aliphatic rings. The van der Waals surface area contributed by atoms with Crippen LogP contribution < -0.4 is 26.3 Å². The summed E-state index contributed by atoms with van der Waals surface area (Å²) in [6.45, 7) is 1.24. The molecule has 1 aromatic heterocycles. The minimum absolute atomic E-state index is 0.0316. The summed E-state index contributed by atoms with van der Waals surface area (Å²) in [7, 11) is 0. The van der Waals surface area contributed by atoms with Crippen LogP contribution in [0.5, 0.6) is 5.75 Å². The highest BCUT2D eigenvalue weighted by molar-refractivity contribution is 5.63. The second-order valence-electron chi connectivity index (χ2n) is 7.73. The van der Waals surface area contributed by atoms with Crippen molar-refractivity contribution in [1.29, 1.82) is 0 Å². The molecule has 3 rings (SSSR count). The zero-order valence-electron chi connectivity index (χ0n) is 17.3. The Morgan fingerprint density at radius 1 is 1.09 bits per heavy atom. The standard InChI is InChI=1S/C20H27F3N6O3/c21-20(22,23)32-17-4-2-1-3-15(17)11-26-19-27-12-16(29(30)31)18(28-19)25-10-14-7-5-13(9-24)6-8-14/h1-4,12-14,30-31H,5-11,24H2,(H2,25,26,27,28). The number of para-hydroxylation sites is 1. The first-order valence-corrected chi connectivity index (χ1v) is 10.3. The van der Waals surface area contributed by atoms with Gasteiger partial charge in [0, 0.05) is 18.7 Å². The third kappa shape index (κ3) is 6.84. The predicted octanol–water partition coefficient (Wildman–Crippen LogP) is 3.75. The normalized spacial score (nSPS) is 18.8. The van der Waals surface area contributed by atoms with Crippen LogP contribution in [0.1, 0.15) is 31.2 Å². The summed E-state index contributed by atoms with van der Waals surface area (Å²) in [6, 6.07) is 5.74. The van der Waals surface area contributed by atoms with Gasteiger partial charge < -0.3 is 21.1 Å². The Kier molecular flexibility index (Phi) is 7.94. The maximum Gasteiger partial charge on any atom is 0.573 e. The van der Waals surface area contributed by atoms with E-state index in [-0.39, 0.29) is 40.5 Å². The van der Waals surface area contributed by atoms with Gasteiger partial charge in [-0.15, -0.1) is 18.4 Å². The van der Waals surface area contributed by atoms with E-state index in [9.17, 15) is 23.6 Å². The van der Waals surface area contributed by atoms with Crippen LogP contribution in [0.2, 0.25) is 0 Å². The summed E-state index contributed by atoms with van der Waals surface area (Å²) in [5, 5.41) is 24.8. The predicted molar refractivity (Wildman–Crippen MR) is 112 cm³/mol. The molecule has 1 heterocycles. The molecule has 0 bridgehead atoms. The fourth-order valence-corrected chi connectivity index (χ4v) is 3.70. The van der Waals surface area contributed by atoms with Crippen LogP contribution in [-0.2, 0) is 6.54 Å². The van der Waals surface area contributed by atoms with E-state index in [1.54, 1.807) is 6.07 Å². The van der Waals surface area contributed by atoms with Crippen LogP contribution in [0.15, 0.2) is 30.5 Å². The van der Waals surface area contributed by atoms with Crippen molar-refractivity contribution >= 4 is 17.5 Å². The number of ether oxygens (including phenoxy) is 1. The monoisotopic (exact) mass is 456 g/mol. The first kappa shape index (κ1) is 23.8. The number of aromatic nitrogens is 2. The summed E-state index contributed by atoms with van der Waals surface area (Å²) in [5.74, 6) is 0.910. The Morgan fingerprint density at radius 3 is 2.44 bits per heavy atom. The summed E-state index contributed by atoms with van der Waals surface area (Å²) in [4.78, 5) is 8.25. The average Bonchev–Trinajstić information content (AvgIpc) is 2.76. The second kappa shape index (κ2) is 10.7. The lowest BCUT2D eigenvalue weighted by molar-refractivity contribution is -0.274. The number of nitrogens with zero attached hydrogens (tertiary/aromatic N) is 3. The van der Waals surface area contributed by atoms with Crippen molar-refractivity contribution in [2.75, 3.05) is 28.9 Å². The smallest absolute Gasteiger partial charge is 0.405 e. The van der Waals surface area contributed by atoms with Gasteiger partial charge in [-0.2, -0.15) is 4.98 Å². The SMILES string of the molecule is NCC1CCC(CNc2nc(NCc3ccccc3OC(F)(F)F)ncc2N(O)O)CC1. The number of nitrogens with two attached hydrogens (primary N) is 1. The Labute approximate surface area is 183 Å². The lowest BCUT2D eigenvalue weighted by Crippen LogP contribution is -2.26. The molecule has 9 nitrogen and oxygen atoms in total. The van der Waals surface area contributed by atoms with Crippen molar-refractivity contribution in [3.8, 4) is 5.75 Å². The van der Waals surface area contributed by atoms with E-state index in [2.05, 4.69) is 25.3 Å². The second-order valence-corrected chi connectivity index (χ2v) is 7.73. The van der Waals surface area contributed by atoms with Gasteiger partial charge in [0.15, 0.2) is 11.5 Å². The molecule has 0 aliphatic heterocycles. The Morgan fingerprint density at radius 2 is 1.78 bits per heavy atom. The highest BCUT2D eigenvalue weighted by atomic mass is 19.4. The largest absolute Gasteiger partial charge is 0.573 e. The van der Waals surface area contributed by atoms with Crippen LogP contribution in [-0.4, -0.2) is 39.8 Å². The Bertz CT molecular complexity index is 876. The Balaban J connectivity index is 1.66. The molecule has 12 heteroatoms. The minimum Gasteiger partial charge on any atom is -0.405 e. The van der Waals surface area contributed by atoms with E-state index in [0.717, 1.165) is 25.7 Å². The fraction of sp³-hybridized carbons (Fsp3) is 0.500. The maximum absolute atomic E-state index is 12.6. The number of alkyl halides is 3. The van der Waals surface area contributed by atoms with Crippen molar-refractivity contribution in [1.82, 2.24) is 9.97 Å². The van der Waals surface area contributed by atoms with Crippen molar-refractivity contribution < 1.29 is 28.3 Å². The average molecular weight is 456 g/mol. The number of hydrogen-bond acceptors (Lipinski definition) is 9. The molecular formula is C20H27F3N6O3. The molecule has 1 aliphatic carbocycles. The van der Waals surface area contributed by atoms with Gasteiger partial charge in [0.25, 0.3) is 0 Å². The number of hydrogen-bond donors (Lipinski definition) is 5. The molecule has 0 radical (unpaired) electrons. The number of halogens is 3. The number of benzene rings is 1. The van der Waals surface area contributed by atoms with Gasteiger partial charge in [0.05, 0.1) is 6.20 Å². The quantitative estimate of drug-likeness (QED) is 0.358. The lowest BCUT2D eigenvalue weighted by atomic mass is 9.82. The first-order valence-electron chi connectivity index (χ1n) is 10.3. The zero-order chi connectivity index (χ0) is 23.1. The summed E-state index contributed by atoms with van der Waals surface area (Å²) in [6.07, 6.45) is 0.522. The molecule has 2 aromatic rings. The van der Waals surface area contributed by atoms with Crippen molar-refractivity contribution in [3.05, 3.63) is 36.0 Å². The topological polar surface area (TPSA) is 129 Å². The number of nitrogens with one attached hydrogen (secondary N) is 2. The van der Waals surface area contributed by atoms with E-state index in [1.165, 1.54) is 24.4 Å². The molecule has 1 saturated carbocycles. The molecule has 0 spiro atoms. The first-order chi connectivity index (χ1) is 15.2. The molecule has 0 amide bonds. The number of anilines is 3. The molecule has 1 fully saturated rings. The van der Waals surface area contributed by atoms with E-state index >= 15 is 0 Å². The van der Waals surface area contributed by atoms with Crippen molar-refractivity contribution in [2.24, 2.45) is 17.6 Å². The van der Waals surface area contributed by atoms with Gasteiger partial charge >= 0.3 is 6.36 Å². The van der Waals surface area contributed by atoms with Crippen LogP contribution in [0.4, 0.5) is 30.6 Å². The highest BCUT2D eigenvalue weighted by Crippen LogP contribution is 2.30. The van der Waals surface area contributed by atoms with Gasteiger partial charge in [-0.3, -0.25) is 10.4 Å². The molecular weight excluding hydrogens is 429 g/mol. The van der Waals surface area contributed by atoms with E-state index in [1.807, 2.05) is 0 Å². The van der Waals surface area contributed by atoms with Gasteiger partial charge in [0.1, 0.15) is 5.75 Å². The third-order valence-electron chi connectivity index (χ3n) is 5.48. The third-order valence-corrected chi connectivity index (χ3v) is 5.48. The minimum atomic E-state index is -4.81. The molecule has 6 N–H and O–H groups in total. The molecule has 176 valence electrons. The molecule has 0 unspecified atom stereocenters. The van der Waals surface area contributed by atoms with Crippen LogP contribution in [0.3, 0.4) is 0 Å². The molecule has 0 saturated heterocycles. The van der Waals surface area contributed by atoms with E-state index in [4.69, 9.17) is 5.73 Å².